The molecule has 1 atom stereocenters. The van der Waals surface area contributed by atoms with Crippen LogP contribution in [0.25, 0.3) is 11.1 Å². The van der Waals surface area contributed by atoms with Crippen LogP contribution in [0.1, 0.15) is 12.5 Å². The topological polar surface area (TPSA) is 70.4 Å². The number of rotatable bonds is 3. The number of hydrogen-bond acceptors (Lipinski definition) is 4. The average molecular weight is 262 g/mol. The first-order chi connectivity index (χ1) is 9.08. The van der Waals surface area contributed by atoms with E-state index in [2.05, 4.69) is 6.92 Å². The lowest BCUT2D eigenvalue weighted by Gasteiger charge is -2.46. The van der Waals surface area contributed by atoms with Gasteiger partial charge in [0.05, 0.1) is 18.7 Å². The normalized spacial score (nSPS) is 19.3. The monoisotopic (exact) mass is 262 g/mol. The Balaban J connectivity index is 2.12. The number of benzene rings is 1. The molecule has 2 N–H and O–H groups in total. The molecule has 5 nitrogen and oxygen atoms in total. The van der Waals surface area contributed by atoms with Crippen LogP contribution in [0.4, 0.5) is 0 Å². The van der Waals surface area contributed by atoms with Crippen molar-refractivity contribution < 1.29 is 9.15 Å². The highest BCUT2D eigenvalue weighted by atomic mass is 16.5. The molecule has 3 rings (SSSR count). The van der Waals surface area contributed by atoms with Gasteiger partial charge >= 0.3 is 5.76 Å². The molecule has 5 heteroatoms. The molecule has 0 bridgehead atoms. The van der Waals surface area contributed by atoms with E-state index in [1.807, 2.05) is 18.2 Å². The highest BCUT2D eigenvalue weighted by Gasteiger charge is 2.44. The van der Waals surface area contributed by atoms with Crippen LogP contribution in [0.3, 0.4) is 0 Å². The van der Waals surface area contributed by atoms with E-state index in [4.69, 9.17) is 14.9 Å². The van der Waals surface area contributed by atoms with Gasteiger partial charge in [-0.3, -0.25) is 4.57 Å². The Bertz CT molecular complexity index is 667. The molecule has 1 fully saturated rings. The minimum Gasteiger partial charge on any atom is -0.408 e. The van der Waals surface area contributed by atoms with Crippen molar-refractivity contribution in [2.45, 2.75) is 12.3 Å². The molecule has 0 radical (unpaired) electrons. The Morgan fingerprint density at radius 1 is 1.47 bits per heavy atom. The van der Waals surface area contributed by atoms with E-state index in [0.717, 1.165) is 11.1 Å². The first-order valence-corrected chi connectivity index (χ1v) is 6.46. The maximum Gasteiger partial charge on any atom is 0.419 e. The molecule has 1 unspecified atom stereocenters. The first kappa shape index (κ1) is 12.4. The van der Waals surface area contributed by atoms with E-state index in [-0.39, 0.29) is 11.2 Å². The van der Waals surface area contributed by atoms with Crippen LogP contribution in [-0.4, -0.2) is 24.3 Å². The number of hydrogen-bond donors (Lipinski definition) is 1. The maximum absolute atomic E-state index is 11.5. The lowest BCUT2D eigenvalue weighted by atomic mass is 9.69. The van der Waals surface area contributed by atoms with Crippen molar-refractivity contribution in [1.82, 2.24) is 4.57 Å². The predicted molar refractivity (Wildman–Crippen MR) is 72.2 cm³/mol. The van der Waals surface area contributed by atoms with Crippen LogP contribution in [0.2, 0.25) is 0 Å². The van der Waals surface area contributed by atoms with Crippen molar-refractivity contribution in [2.24, 2.45) is 18.7 Å². The summed E-state index contributed by atoms with van der Waals surface area (Å²) in [6.07, 6.45) is 0. The predicted octanol–water partition coefficient (Wildman–Crippen LogP) is 0.994. The Kier molecular flexibility index (Phi) is 2.76. The van der Waals surface area contributed by atoms with E-state index >= 15 is 0 Å². The van der Waals surface area contributed by atoms with Gasteiger partial charge in [0.25, 0.3) is 0 Å². The van der Waals surface area contributed by atoms with Gasteiger partial charge in [0.2, 0.25) is 0 Å². The molecule has 19 heavy (non-hydrogen) atoms. The standard InChI is InChI=1S/C14H18N2O3/c1-9(6-15)14(7-18-8-14)10-3-4-11-12(5-10)19-13(17)16(11)2/h3-5,9H,6-8,15H2,1-2H3. The number of oxazole rings is 1. The average Bonchev–Trinajstić information content (AvgIpc) is 2.63. The number of nitrogens with zero attached hydrogens (tertiary/aromatic N) is 1. The zero-order valence-electron chi connectivity index (χ0n) is 11.2. The molecule has 2 heterocycles. The SMILES string of the molecule is CC(CN)C1(c2ccc3c(c2)oc(=O)n3C)COC1. The van der Waals surface area contributed by atoms with Crippen molar-refractivity contribution in [3.05, 3.63) is 34.3 Å². The molecule has 1 aromatic heterocycles. The Morgan fingerprint density at radius 3 is 2.79 bits per heavy atom. The van der Waals surface area contributed by atoms with Gasteiger partial charge in [0.1, 0.15) is 0 Å². The van der Waals surface area contributed by atoms with Crippen LogP contribution in [0.5, 0.6) is 0 Å². The van der Waals surface area contributed by atoms with Crippen LogP contribution in [0, 0.1) is 5.92 Å². The van der Waals surface area contributed by atoms with Crippen LogP contribution in [-0.2, 0) is 17.2 Å². The van der Waals surface area contributed by atoms with Gasteiger partial charge in [-0.05, 0) is 30.2 Å². The summed E-state index contributed by atoms with van der Waals surface area (Å²) in [5.74, 6) is -0.00735. The Morgan fingerprint density at radius 2 is 2.21 bits per heavy atom. The lowest BCUT2D eigenvalue weighted by Crippen LogP contribution is -2.53. The summed E-state index contributed by atoms with van der Waals surface area (Å²) >= 11 is 0. The second-order valence-corrected chi connectivity index (χ2v) is 5.40. The molecule has 0 saturated carbocycles. The Hall–Kier alpha value is -1.59. The minimum atomic E-state index is -0.335. The lowest BCUT2D eigenvalue weighted by molar-refractivity contribution is -0.0853. The highest BCUT2D eigenvalue weighted by molar-refractivity contribution is 5.74. The van der Waals surface area contributed by atoms with E-state index < -0.39 is 0 Å². The van der Waals surface area contributed by atoms with Gasteiger partial charge < -0.3 is 14.9 Å². The molecule has 0 spiro atoms. The van der Waals surface area contributed by atoms with Crippen molar-refractivity contribution >= 4 is 11.1 Å². The number of aryl methyl sites for hydroxylation is 1. The third-order valence-corrected chi connectivity index (χ3v) is 4.38. The number of nitrogens with two attached hydrogens (primary N) is 1. The van der Waals surface area contributed by atoms with Gasteiger partial charge in [-0.1, -0.05) is 13.0 Å². The van der Waals surface area contributed by atoms with E-state index in [1.165, 1.54) is 4.57 Å². The molecule has 2 aromatic rings. The largest absolute Gasteiger partial charge is 0.419 e. The number of ether oxygens (including phenoxy) is 1. The van der Waals surface area contributed by atoms with Crippen LogP contribution in [0.15, 0.2) is 27.4 Å². The summed E-state index contributed by atoms with van der Waals surface area (Å²) < 4.78 is 12.2. The van der Waals surface area contributed by atoms with E-state index in [9.17, 15) is 4.79 Å². The van der Waals surface area contributed by atoms with Crippen molar-refractivity contribution in [1.29, 1.82) is 0 Å². The highest BCUT2D eigenvalue weighted by Crippen LogP contribution is 2.39. The molecular weight excluding hydrogens is 244 g/mol. The Labute approximate surface area is 111 Å². The molecule has 0 amide bonds. The first-order valence-electron chi connectivity index (χ1n) is 6.46. The van der Waals surface area contributed by atoms with Gasteiger partial charge in [-0.25, -0.2) is 4.79 Å². The fourth-order valence-corrected chi connectivity index (χ4v) is 2.73. The number of fused-ring (bicyclic) bond motifs is 1. The second-order valence-electron chi connectivity index (χ2n) is 5.40. The van der Waals surface area contributed by atoms with E-state index in [1.54, 1.807) is 7.05 Å². The smallest absolute Gasteiger partial charge is 0.408 e. The van der Waals surface area contributed by atoms with Crippen LogP contribution >= 0.6 is 0 Å². The summed E-state index contributed by atoms with van der Waals surface area (Å²) in [7, 11) is 1.71. The summed E-state index contributed by atoms with van der Waals surface area (Å²) in [5.41, 5.74) is 8.34. The fourth-order valence-electron chi connectivity index (χ4n) is 2.73. The zero-order valence-corrected chi connectivity index (χ0v) is 11.2. The van der Waals surface area contributed by atoms with Gasteiger partial charge in [0, 0.05) is 12.5 Å². The third-order valence-electron chi connectivity index (χ3n) is 4.38. The molecule has 102 valence electrons. The van der Waals surface area contributed by atoms with Gasteiger partial charge in [-0.2, -0.15) is 0 Å². The molecule has 1 aliphatic rings. The maximum atomic E-state index is 11.5. The zero-order chi connectivity index (χ0) is 13.6. The molecule has 1 aliphatic heterocycles. The minimum absolute atomic E-state index is 0.0443. The molecule has 0 aliphatic carbocycles. The van der Waals surface area contributed by atoms with Gasteiger partial charge in [0.15, 0.2) is 5.58 Å². The van der Waals surface area contributed by atoms with Crippen molar-refractivity contribution in [2.75, 3.05) is 19.8 Å². The van der Waals surface area contributed by atoms with Crippen molar-refractivity contribution in [3.8, 4) is 0 Å². The second kappa shape index (κ2) is 4.21. The number of aromatic nitrogens is 1. The summed E-state index contributed by atoms with van der Waals surface area (Å²) in [4.78, 5) is 11.5. The fraction of sp³-hybridized carbons (Fsp3) is 0.500. The van der Waals surface area contributed by atoms with Crippen LogP contribution < -0.4 is 11.5 Å². The van der Waals surface area contributed by atoms with Crippen molar-refractivity contribution in [3.63, 3.8) is 0 Å². The third kappa shape index (κ3) is 1.65. The molecule has 1 aromatic carbocycles. The van der Waals surface area contributed by atoms with E-state index in [0.29, 0.717) is 31.3 Å². The summed E-state index contributed by atoms with van der Waals surface area (Å²) in [6, 6.07) is 5.93. The quantitative estimate of drug-likeness (QED) is 0.895. The van der Waals surface area contributed by atoms with Gasteiger partial charge in [-0.15, -0.1) is 0 Å². The summed E-state index contributed by atoms with van der Waals surface area (Å²) in [5, 5.41) is 0. The molecule has 1 saturated heterocycles. The molecular formula is C14H18N2O3. The summed E-state index contributed by atoms with van der Waals surface area (Å²) in [6.45, 7) is 4.09.